The van der Waals surface area contributed by atoms with E-state index >= 15 is 0 Å². The smallest absolute Gasteiger partial charge is 0.129 e. The Bertz CT molecular complexity index is 512. The molecule has 0 heterocycles. The Balaban J connectivity index is 2.92. The van der Waals surface area contributed by atoms with Crippen molar-refractivity contribution in [1.29, 1.82) is 0 Å². The number of aryl methyl sites for hydroxylation is 1. The summed E-state index contributed by atoms with van der Waals surface area (Å²) >= 11 is 0. The summed E-state index contributed by atoms with van der Waals surface area (Å²) < 4.78 is 5.42. The van der Waals surface area contributed by atoms with Crippen molar-refractivity contribution in [2.24, 2.45) is 0 Å². The summed E-state index contributed by atoms with van der Waals surface area (Å²) in [6, 6.07) is 10.3. The Morgan fingerprint density at radius 1 is 1.20 bits per heavy atom. The van der Waals surface area contributed by atoms with Crippen LogP contribution in [-0.4, -0.2) is 7.11 Å². The molecule has 2 aromatic rings. The molecule has 76 valence electrons. The van der Waals surface area contributed by atoms with E-state index in [0.29, 0.717) is 0 Å². The third-order valence-corrected chi connectivity index (χ3v) is 2.64. The molecule has 1 heteroatoms. The van der Waals surface area contributed by atoms with Crippen LogP contribution >= 0.6 is 0 Å². The fourth-order valence-corrected chi connectivity index (χ4v) is 1.96. The van der Waals surface area contributed by atoms with Gasteiger partial charge in [-0.25, -0.2) is 0 Å². The second-order valence-electron chi connectivity index (χ2n) is 3.57. The van der Waals surface area contributed by atoms with Gasteiger partial charge in [-0.3, -0.25) is 0 Å². The van der Waals surface area contributed by atoms with Gasteiger partial charge in [0.2, 0.25) is 0 Å². The molecule has 0 unspecified atom stereocenters. The average Bonchev–Trinajstić information content (AvgIpc) is 2.28. The monoisotopic (exact) mass is 198 g/mol. The third-order valence-electron chi connectivity index (χ3n) is 2.64. The van der Waals surface area contributed by atoms with Crippen molar-refractivity contribution in [2.45, 2.75) is 6.92 Å². The van der Waals surface area contributed by atoms with Crippen LogP contribution in [0.25, 0.3) is 16.8 Å². The van der Waals surface area contributed by atoms with Gasteiger partial charge in [-0.15, -0.1) is 0 Å². The largest absolute Gasteiger partial charge is 0.496 e. The first-order valence-corrected chi connectivity index (χ1v) is 4.96. The van der Waals surface area contributed by atoms with Crippen LogP contribution in [0.5, 0.6) is 5.75 Å². The van der Waals surface area contributed by atoms with Crippen LogP contribution in [0.4, 0.5) is 0 Å². The van der Waals surface area contributed by atoms with Gasteiger partial charge in [0.25, 0.3) is 0 Å². The minimum absolute atomic E-state index is 0.955. The maximum Gasteiger partial charge on any atom is 0.129 e. The summed E-state index contributed by atoms with van der Waals surface area (Å²) in [7, 11) is 1.71. The quantitative estimate of drug-likeness (QED) is 0.713. The fourth-order valence-electron chi connectivity index (χ4n) is 1.96. The van der Waals surface area contributed by atoms with Crippen molar-refractivity contribution in [3.63, 3.8) is 0 Å². The number of methoxy groups -OCH3 is 1. The highest BCUT2D eigenvalue weighted by Gasteiger charge is 2.07. The van der Waals surface area contributed by atoms with Crippen molar-refractivity contribution in [3.05, 3.63) is 48.0 Å². The summed E-state index contributed by atoms with van der Waals surface area (Å²) in [4.78, 5) is 0. The van der Waals surface area contributed by atoms with E-state index in [0.717, 1.165) is 22.3 Å². The highest BCUT2D eigenvalue weighted by Crippen LogP contribution is 2.32. The lowest BCUT2D eigenvalue weighted by atomic mass is 10.00. The van der Waals surface area contributed by atoms with E-state index in [1.807, 2.05) is 18.2 Å². The molecule has 0 aromatic heterocycles. The van der Waals surface area contributed by atoms with Crippen LogP contribution in [0.2, 0.25) is 0 Å². The van der Waals surface area contributed by atoms with E-state index < -0.39 is 0 Å². The first-order valence-electron chi connectivity index (χ1n) is 4.96. The molecular weight excluding hydrogens is 184 g/mol. The van der Waals surface area contributed by atoms with Gasteiger partial charge in [0, 0.05) is 5.39 Å². The molecule has 15 heavy (non-hydrogen) atoms. The van der Waals surface area contributed by atoms with Gasteiger partial charge in [-0.05, 0) is 29.5 Å². The number of hydrogen-bond acceptors (Lipinski definition) is 1. The molecule has 0 aliphatic rings. The molecule has 0 amide bonds. The van der Waals surface area contributed by atoms with Gasteiger partial charge < -0.3 is 4.74 Å². The molecule has 0 fully saturated rings. The number of benzene rings is 2. The Morgan fingerprint density at radius 3 is 2.47 bits per heavy atom. The van der Waals surface area contributed by atoms with E-state index in [9.17, 15) is 0 Å². The van der Waals surface area contributed by atoms with Crippen molar-refractivity contribution in [3.8, 4) is 5.75 Å². The average molecular weight is 198 g/mol. The lowest BCUT2D eigenvalue weighted by Gasteiger charge is -2.11. The Hall–Kier alpha value is -1.76. The van der Waals surface area contributed by atoms with Crippen LogP contribution in [0.3, 0.4) is 0 Å². The Labute approximate surface area is 90.0 Å². The number of fused-ring (bicyclic) bond motifs is 1. The maximum absolute atomic E-state index is 5.42. The highest BCUT2D eigenvalue weighted by atomic mass is 16.5. The molecule has 0 saturated carbocycles. The number of ether oxygens (including phenoxy) is 1. The molecule has 2 aromatic carbocycles. The first kappa shape index (κ1) is 9.78. The van der Waals surface area contributed by atoms with Gasteiger partial charge in [-0.1, -0.05) is 36.9 Å². The number of hydrogen-bond donors (Lipinski definition) is 0. The minimum Gasteiger partial charge on any atom is -0.496 e. The molecule has 0 atom stereocenters. The van der Waals surface area contributed by atoms with Crippen LogP contribution in [0, 0.1) is 6.92 Å². The van der Waals surface area contributed by atoms with Crippen LogP contribution < -0.4 is 4.74 Å². The molecule has 1 nitrogen and oxygen atoms in total. The minimum atomic E-state index is 0.955. The van der Waals surface area contributed by atoms with Gasteiger partial charge in [0.1, 0.15) is 5.75 Å². The van der Waals surface area contributed by atoms with E-state index in [2.05, 4.69) is 31.7 Å². The van der Waals surface area contributed by atoms with Gasteiger partial charge in [-0.2, -0.15) is 0 Å². The number of rotatable bonds is 2. The molecule has 0 bridgehead atoms. The topological polar surface area (TPSA) is 9.23 Å². The molecule has 2 rings (SSSR count). The second-order valence-corrected chi connectivity index (χ2v) is 3.57. The zero-order valence-electron chi connectivity index (χ0n) is 9.08. The van der Waals surface area contributed by atoms with Gasteiger partial charge >= 0.3 is 0 Å². The van der Waals surface area contributed by atoms with Crippen molar-refractivity contribution < 1.29 is 4.74 Å². The molecule has 0 radical (unpaired) electrons. The molecule has 0 aliphatic heterocycles. The predicted molar refractivity (Wildman–Crippen MR) is 65.3 cm³/mol. The zero-order chi connectivity index (χ0) is 10.8. The van der Waals surface area contributed by atoms with Gasteiger partial charge in [0.15, 0.2) is 0 Å². The fraction of sp³-hybridized carbons (Fsp3) is 0.143. The van der Waals surface area contributed by atoms with Crippen molar-refractivity contribution in [2.75, 3.05) is 7.11 Å². The molecule has 0 saturated heterocycles. The van der Waals surface area contributed by atoms with Gasteiger partial charge in [0.05, 0.1) is 7.11 Å². The predicted octanol–water partition coefficient (Wildman–Crippen LogP) is 3.80. The molecule has 0 aliphatic carbocycles. The lowest BCUT2D eigenvalue weighted by Crippen LogP contribution is -1.90. The van der Waals surface area contributed by atoms with E-state index in [-0.39, 0.29) is 0 Å². The third kappa shape index (κ3) is 1.50. The van der Waals surface area contributed by atoms with Crippen molar-refractivity contribution >= 4 is 16.8 Å². The van der Waals surface area contributed by atoms with Crippen LogP contribution in [0.1, 0.15) is 11.1 Å². The normalized spacial score (nSPS) is 10.3. The zero-order valence-corrected chi connectivity index (χ0v) is 9.08. The van der Waals surface area contributed by atoms with E-state index in [4.69, 9.17) is 4.74 Å². The molecule has 0 N–H and O–H groups in total. The SMILES string of the molecule is C=Cc1cc(C)c(OC)c2ccccc12. The van der Waals surface area contributed by atoms with E-state index in [1.54, 1.807) is 7.11 Å². The maximum atomic E-state index is 5.42. The summed E-state index contributed by atoms with van der Waals surface area (Å²) in [5.41, 5.74) is 2.30. The molecule has 0 spiro atoms. The standard InChI is InChI=1S/C14H14O/c1-4-11-9-10(2)14(15-3)13-8-6-5-7-12(11)13/h4-9H,1H2,2-3H3. The van der Waals surface area contributed by atoms with E-state index in [1.165, 1.54) is 5.39 Å². The highest BCUT2D eigenvalue weighted by molar-refractivity contribution is 5.95. The Kier molecular flexibility index (Phi) is 2.46. The lowest BCUT2D eigenvalue weighted by molar-refractivity contribution is 0.417. The summed E-state index contributed by atoms with van der Waals surface area (Å²) in [6.07, 6.45) is 1.88. The second kappa shape index (κ2) is 3.77. The Morgan fingerprint density at radius 2 is 1.87 bits per heavy atom. The summed E-state index contributed by atoms with van der Waals surface area (Å²) in [5.74, 6) is 0.955. The van der Waals surface area contributed by atoms with Crippen LogP contribution in [0.15, 0.2) is 36.9 Å². The van der Waals surface area contributed by atoms with Crippen LogP contribution in [-0.2, 0) is 0 Å². The summed E-state index contributed by atoms with van der Waals surface area (Å²) in [5, 5.41) is 2.34. The summed E-state index contributed by atoms with van der Waals surface area (Å²) in [6.45, 7) is 5.89. The first-order chi connectivity index (χ1) is 7.27. The molecular formula is C14H14O. The van der Waals surface area contributed by atoms with Crippen molar-refractivity contribution in [1.82, 2.24) is 0 Å².